The standard InChI is InChI=1S/C22H34N4O3S2/c1-5-6-12-25-21(18-7-9-20(29-4)10-8-18)23-26(22(25)30)16-24(14-17(2)3)19-11-13-31(27,28)15-19/h7-10,17,19H,5-6,11-16H2,1-4H3. The Morgan fingerprint density at radius 2 is 2.00 bits per heavy atom. The minimum Gasteiger partial charge on any atom is -0.497 e. The van der Waals surface area contributed by atoms with Crippen molar-refractivity contribution < 1.29 is 13.2 Å². The highest BCUT2D eigenvalue weighted by Crippen LogP contribution is 2.24. The molecule has 172 valence electrons. The lowest BCUT2D eigenvalue weighted by Crippen LogP contribution is -2.40. The zero-order valence-corrected chi connectivity index (χ0v) is 20.6. The lowest BCUT2D eigenvalue weighted by Gasteiger charge is -2.29. The molecular formula is C22H34N4O3S2. The van der Waals surface area contributed by atoms with Crippen LogP contribution in [0.25, 0.3) is 11.4 Å². The summed E-state index contributed by atoms with van der Waals surface area (Å²) in [6, 6.07) is 7.86. The van der Waals surface area contributed by atoms with Crippen LogP contribution in [-0.2, 0) is 23.1 Å². The number of ether oxygens (including phenoxy) is 1. The summed E-state index contributed by atoms with van der Waals surface area (Å²) in [5, 5.41) is 4.89. The zero-order chi connectivity index (χ0) is 22.6. The van der Waals surface area contributed by atoms with Crippen molar-refractivity contribution in [3.8, 4) is 17.1 Å². The predicted molar refractivity (Wildman–Crippen MR) is 127 cm³/mol. The van der Waals surface area contributed by atoms with E-state index in [1.807, 2.05) is 28.9 Å². The number of hydrogen-bond donors (Lipinski definition) is 0. The molecule has 0 N–H and O–H groups in total. The maximum absolute atomic E-state index is 12.1. The van der Waals surface area contributed by atoms with Crippen LogP contribution in [0.15, 0.2) is 24.3 Å². The first-order valence-corrected chi connectivity index (χ1v) is 13.2. The van der Waals surface area contributed by atoms with Crippen molar-refractivity contribution >= 4 is 22.1 Å². The fraction of sp³-hybridized carbons (Fsp3) is 0.636. The molecule has 9 heteroatoms. The smallest absolute Gasteiger partial charge is 0.199 e. The summed E-state index contributed by atoms with van der Waals surface area (Å²) in [5.74, 6) is 2.53. The quantitative estimate of drug-likeness (QED) is 0.493. The highest BCUT2D eigenvalue weighted by atomic mass is 32.2. The van der Waals surface area contributed by atoms with Crippen LogP contribution in [0.4, 0.5) is 0 Å². The zero-order valence-electron chi connectivity index (χ0n) is 19.0. The van der Waals surface area contributed by atoms with Gasteiger partial charge in [-0.2, -0.15) is 5.10 Å². The van der Waals surface area contributed by atoms with Crippen molar-refractivity contribution in [2.24, 2.45) is 5.92 Å². The highest BCUT2D eigenvalue weighted by Gasteiger charge is 2.33. The molecule has 1 fully saturated rings. The van der Waals surface area contributed by atoms with Crippen molar-refractivity contribution in [3.05, 3.63) is 29.0 Å². The third kappa shape index (κ3) is 5.96. The Bertz CT molecular complexity index is 1030. The maximum atomic E-state index is 12.1. The monoisotopic (exact) mass is 466 g/mol. The van der Waals surface area contributed by atoms with Gasteiger partial charge in [0, 0.05) is 24.7 Å². The minimum atomic E-state index is -2.96. The van der Waals surface area contributed by atoms with E-state index in [0.717, 1.165) is 43.1 Å². The molecule has 0 radical (unpaired) electrons. The Morgan fingerprint density at radius 1 is 1.29 bits per heavy atom. The normalized spacial score (nSPS) is 18.2. The maximum Gasteiger partial charge on any atom is 0.199 e. The first kappa shape index (κ1) is 23.9. The molecule has 1 atom stereocenters. The molecule has 0 bridgehead atoms. The van der Waals surface area contributed by atoms with Gasteiger partial charge in [0.15, 0.2) is 20.4 Å². The van der Waals surface area contributed by atoms with Gasteiger partial charge < -0.3 is 4.74 Å². The van der Waals surface area contributed by atoms with Crippen LogP contribution in [0.2, 0.25) is 0 Å². The molecule has 7 nitrogen and oxygen atoms in total. The van der Waals surface area contributed by atoms with Crippen molar-refractivity contribution in [2.75, 3.05) is 25.2 Å². The molecule has 0 amide bonds. The number of sulfone groups is 1. The lowest BCUT2D eigenvalue weighted by molar-refractivity contribution is 0.137. The molecule has 2 heterocycles. The van der Waals surface area contributed by atoms with E-state index in [0.29, 0.717) is 23.8 Å². The van der Waals surface area contributed by atoms with E-state index in [4.69, 9.17) is 22.1 Å². The molecule has 1 saturated heterocycles. The summed E-state index contributed by atoms with van der Waals surface area (Å²) in [6.07, 6.45) is 2.75. The van der Waals surface area contributed by atoms with Gasteiger partial charge in [0.2, 0.25) is 0 Å². The number of benzene rings is 1. The van der Waals surface area contributed by atoms with Crippen LogP contribution in [0.5, 0.6) is 5.75 Å². The summed E-state index contributed by atoms with van der Waals surface area (Å²) in [6.45, 7) is 8.57. The SMILES string of the molecule is CCCCn1c(-c2ccc(OC)cc2)nn(CN(CC(C)C)C2CCS(=O)(=O)C2)c1=S. The Hall–Kier alpha value is -1.71. The number of aromatic nitrogens is 3. The molecule has 2 aromatic rings. The van der Waals surface area contributed by atoms with Crippen LogP contribution in [0.1, 0.15) is 40.0 Å². The third-order valence-corrected chi connectivity index (χ3v) is 7.83. The van der Waals surface area contributed by atoms with E-state index in [2.05, 4.69) is 30.2 Å². The van der Waals surface area contributed by atoms with Gasteiger partial charge in [-0.3, -0.25) is 9.47 Å². The van der Waals surface area contributed by atoms with Crippen molar-refractivity contribution in [1.82, 2.24) is 19.2 Å². The number of unbranched alkanes of at least 4 members (excludes halogenated alkanes) is 1. The molecule has 1 aromatic carbocycles. The molecule has 1 unspecified atom stereocenters. The molecule has 0 aliphatic carbocycles. The minimum absolute atomic E-state index is 0.0135. The second-order valence-corrected chi connectivity index (χ2v) is 11.3. The van der Waals surface area contributed by atoms with Gasteiger partial charge in [0.25, 0.3) is 0 Å². The van der Waals surface area contributed by atoms with Crippen LogP contribution in [0, 0.1) is 10.7 Å². The Kier molecular flexibility index (Phi) is 7.93. The van der Waals surface area contributed by atoms with Gasteiger partial charge in [-0.1, -0.05) is 27.2 Å². The number of rotatable bonds is 10. The van der Waals surface area contributed by atoms with Crippen molar-refractivity contribution in [3.63, 3.8) is 0 Å². The van der Waals surface area contributed by atoms with Gasteiger partial charge in [0.05, 0.1) is 25.3 Å². The van der Waals surface area contributed by atoms with E-state index in [1.165, 1.54) is 0 Å². The number of methoxy groups -OCH3 is 1. The molecule has 31 heavy (non-hydrogen) atoms. The van der Waals surface area contributed by atoms with Crippen molar-refractivity contribution in [1.29, 1.82) is 0 Å². The van der Waals surface area contributed by atoms with Gasteiger partial charge in [-0.25, -0.2) is 13.1 Å². The Morgan fingerprint density at radius 3 is 2.55 bits per heavy atom. The van der Waals surface area contributed by atoms with E-state index in [1.54, 1.807) is 7.11 Å². The molecule has 1 aliphatic rings. The van der Waals surface area contributed by atoms with Gasteiger partial charge in [0.1, 0.15) is 5.75 Å². The molecule has 1 aliphatic heterocycles. The van der Waals surface area contributed by atoms with E-state index < -0.39 is 9.84 Å². The average Bonchev–Trinajstić information content (AvgIpc) is 3.25. The molecule has 0 spiro atoms. The third-order valence-electron chi connectivity index (χ3n) is 5.65. The summed E-state index contributed by atoms with van der Waals surface area (Å²) >= 11 is 5.82. The fourth-order valence-electron chi connectivity index (χ4n) is 4.03. The second-order valence-electron chi connectivity index (χ2n) is 8.70. The van der Waals surface area contributed by atoms with Crippen LogP contribution >= 0.6 is 12.2 Å². The highest BCUT2D eigenvalue weighted by molar-refractivity contribution is 7.91. The first-order valence-electron chi connectivity index (χ1n) is 11.0. The lowest BCUT2D eigenvalue weighted by atomic mass is 10.1. The first-order chi connectivity index (χ1) is 14.7. The topological polar surface area (TPSA) is 69.4 Å². The second kappa shape index (κ2) is 10.3. The molecule has 0 saturated carbocycles. The van der Waals surface area contributed by atoms with Gasteiger partial charge in [-0.05, 0) is 55.2 Å². The van der Waals surface area contributed by atoms with Crippen LogP contribution < -0.4 is 4.74 Å². The van der Waals surface area contributed by atoms with E-state index in [-0.39, 0.29) is 17.5 Å². The van der Waals surface area contributed by atoms with Gasteiger partial charge >= 0.3 is 0 Å². The Labute approximate surface area is 190 Å². The molecular weight excluding hydrogens is 432 g/mol. The van der Waals surface area contributed by atoms with Crippen LogP contribution in [-0.4, -0.2) is 58.9 Å². The summed E-state index contributed by atoms with van der Waals surface area (Å²) in [7, 11) is -1.31. The predicted octanol–water partition coefficient (Wildman–Crippen LogP) is 3.99. The summed E-state index contributed by atoms with van der Waals surface area (Å²) in [5.41, 5.74) is 0.987. The van der Waals surface area contributed by atoms with E-state index >= 15 is 0 Å². The van der Waals surface area contributed by atoms with Crippen molar-refractivity contribution in [2.45, 2.75) is 59.3 Å². The van der Waals surface area contributed by atoms with Crippen LogP contribution in [0.3, 0.4) is 0 Å². The Balaban J connectivity index is 1.95. The molecule has 1 aromatic heterocycles. The molecule has 3 rings (SSSR count). The largest absolute Gasteiger partial charge is 0.497 e. The summed E-state index contributed by atoms with van der Waals surface area (Å²) < 4.78 is 34.1. The van der Waals surface area contributed by atoms with Gasteiger partial charge in [-0.15, -0.1) is 0 Å². The number of nitrogens with zero attached hydrogens (tertiary/aromatic N) is 4. The fourth-order valence-corrected chi connectivity index (χ4v) is 6.07. The average molecular weight is 467 g/mol. The summed E-state index contributed by atoms with van der Waals surface area (Å²) in [4.78, 5) is 2.24. The van der Waals surface area contributed by atoms with E-state index in [9.17, 15) is 8.42 Å². The number of hydrogen-bond acceptors (Lipinski definition) is 6.